The van der Waals surface area contributed by atoms with E-state index in [-0.39, 0.29) is 29.1 Å². The van der Waals surface area contributed by atoms with E-state index < -0.39 is 4.92 Å². The van der Waals surface area contributed by atoms with Crippen LogP contribution in [0.3, 0.4) is 0 Å². The van der Waals surface area contributed by atoms with Gasteiger partial charge in [-0.05, 0) is 19.4 Å². The molecule has 8 heteroatoms. The Morgan fingerprint density at radius 2 is 2.29 bits per heavy atom. The van der Waals surface area contributed by atoms with Crippen LogP contribution in [0.4, 0.5) is 17.3 Å². The fraction of sp³-hybridized carbons (Fsp3) is 0.615. The zero-order valence-electron chi connectivity index (χ0n) is 12.4. The van der Waals surface area contributed by atoms with E-state index in [1.807, 2.05) is 6.92 Å². The van der Waals surface area contributed by atoms with Crippen molar-refractivity contribution in [1.29, 1.82) is 0 Å². The summed E-state index contributed by atoms with van der Waals surface area (Å²) in [5.74, 6) is 5.91. The van der Waals surface area contributed by atoms with Crippen LogP contribution < -0.4 is 16.6 Å². The minimum absolute atomic E-state index is 0.0632. The average molecular weight is 295 g/mol. The minimum atomic E-state index is -0.457. The molecular weight excluding hydrogens is 274 g/mol. The number of nitrogens with one attached hydrogen (secondary N) is 2. The molecule has 0 amide bonds. The van der Waals surface area contributed by atoms with Gasteiger partial charge in [-0.1, -0.05) is 13.8 Å². The SMILES string of the molecule is CCOC1CC(Nc2nc(NN)ccc2[N+](=O)[O-])C1(C)C. The van der Waals surface area contributed by atoms with Gasteiger partial charge in [0.25, 0.3) is 0 Å². The monoisotopic (exact) mass is 295 g/mol. The first-order valence-corrected chi connectivity index (χ1v) is 6.90. The van der Waals surface area contributed by atoms with E-state index in [9.17, 15) is 10.1 Å². The molecule has 0 spiro atoms. The summed E-state index contributed by atoms with van der Waals surface area (Å²) in [7, 11) is 0. The Labute approximate surface area is 123 Å². The van der Waals surface area contributed by atoms with Gasteiger partial charge in [0.15, 0.2) is 0 Å². The number of hydrogen-bond acceptors (Lipinski definition) is 7. The lowest BCUT2D eigenvalue weighted by molar-refractivity contribution is -0.384. The van der Waals surface area contributed by atoms with Crippen LogP contribution in [0.25, 0.3) is 0 Å². The molecule has 1 aromatic heterocycles. The number of nitrogens with two attached hydrogens (primary N) is 1. The number of rotatable bonds is 6. The van der Waals surface area contributed by atoms with Crippen molar-refractivity contribution < 1.29 is 9.66 Å². The lowest BCUT2D eigenvalue weighted by Gasteiger charge is -2.51. The number of ether oxygens (including phenoxy) is 1. The summed E-state index contributed by atoms with van der Waals surface area (Å²) in [6.07, 6.45) is 0.940. The number of nitro groups is 1. The van der Waals surface area contributed by atoms with Crippen molar-refractivity contribution in [3.63, 3.8) is 0 Å². The summed E-state index contributed by atoms with van der Waals surface area (Å²) >= 11 is 0. The van der Waals surface area contributed by atoms with Crippen LogP contribution in [0.15, 0.2) is 12.1 Å². The molecule has 116 valence electrons. The molecule has 1 saturated carbocycles. The van der Waals surface area contributed by atoms with Gasteiger partial charge in [0, 0.05) is 24.1 Å². The van der Waals surface area contributed by atoms with Gasteiger partial charge >= 0.3 is 5.69 Å². The second-order valence-electron chi connectivity index (χ2n) is 5.66. The molecule has 1 aromatic rings. The highest BCUT2D eigenvalue weighted by atomic mass is 16.6. The lowest BCUT2D eigenvalue weighted by atomic mass is 9.64. The normalized spacial score (nSPS) is 23.2. The highest BCUT2D eigenvalue weighted by Crippen LogP contribution is 2.45. The summed E-state index contributed by atoms with van der Waals surface area (Å²) in [6.45, 7) is 6.77. The molecule has 0 radical (unpaired) electrons. The second kappa shape index (κ2) is 5.82. The predicted octanol–water partition coefficient (Wildman–Crippen LogP) is 1.89. The number of anilines is 2. The Kier molecular flexibility index (Phi) is 4.29. The first-order valence-electron chi connectivity index (χ1n) is 6.90. The Balaban J connectivity index is 2.18. The van der Waals surface area contributed by atoms with E-state index >= 15 is 0 Å². The van der Waals surface area contributed by atoms with Crippen LogP contribution in [0.2, 0.25) is 0 Å². The zero-order valence-corrected chi connectivity index (χ0v) is 12.4. The number of nitrogens with zero attached hydrogens (tertiary/aromatic N) is 2. The van der Waals surface area contributed by atoms with Gasteiger partial charge in [-0.3, -0.25) is 10.1 Å². The Bertz CT molecular complexity index is 535. The average Bonchev–Trinajstić information content (AvgIpc) is 2.45. The van der Waals surface area contributed by atoms with Crippen LogP contribution in [0.1, 0.15) is 27.2 Å². The van der Waals surface area contributed by atoms with Crippen molar-refractivity contribution in [2.45, 2.75) is 39.3 Å². The van der Waals surface area contributed by atoms with Crippen molar-refractivity contribution in [1.82, 2.24) is 4.98 Å². The van der Waals surface area contributed by atoms with Gasteiger partial charge in [-0.2, -0.15) is 0 Å². The summed E-state index contributed by atoms with van der Waals surface area (Å²) in [4.78, 5) is 14.8. The van der Waals surface area contributed by atoms with Gasteiger partial charge in [0.2, 0.25) is 5.82 Å². The standard InChI is InChI=1S/C13H21N5O3/c1-4-21-10-7-9(13(10,2)3)15-12-8(18(19)20)5-6-11(16-12)17-14/h5-6,9-10H,4,7,14H2,1-3H3,(H2,15,16,17). The zero-order chi connectivity index (χ0) is 15.6. The fourth-order valence-corrected chi connectivity index (χ4v) is 2.57. The molecule has 1 fully saturated rings. The molecule has 0 aliphatic heterocycles. The molecule has 2 rings (SSSR count). The molecular formula is C13H21N5O3. The molecule has 21 heavy (non-hydrogen) atoms. The maximum atomic E-state index is 11.1. The maximum absolute atomic E-state index is 11.1. The van der Waals surface area contributed by atoms with Gasteiger partial charge in [-0.25, -0.2) is 10.8 Å². The van der Waals surface area contributed by atoms with Crippen molar-refractivity contribution in [3.05, 3.63) is 22.2 Å². The van der Waals surface area contributed by atoms with Crippen molar-refractivity contribution in [2.24, 2.45) is 11.3 Å². The fourth-order valence-electron chi connectivity index (χ4n) is 2.57. The largest absolute Gasteiger partial charge is 0.378 e. The van der Waals surface area contributed by atoms with Gasteiger partial charge in [-0.15, -0.1) is 0 Å². The molecule has 4 N–H and O–H groups in total. The van der Waals surface area contributed by atoms with E-state index in [1.165, 1.54) is 12.1 Å². The van der Waals surface area contributed by atoms with Crippen molar-refractivity contribution in [3.8, 4) is 0 Å². The van der Waals surface area contributed by atoms with E-state index in [2.05, 4.69) is 29.6 Å². The summed E-state index contributed by atoms with van der Waals surface area (Å²) < 4.78 is 5.66. The molecule has 2 unspecified atom stereocenters. The van der Waals surface area contributed by atoms with Crippen LogP contribution in [-0.4, -0.2) is 28.7 Å². The highest BCUT2D eigenvalue weighted by molar-refractivity contribution is 5.60. The van der Waals surface area contributed by atoms with Crippen molar-refractivity contribution >= 4 is 17.3 Å². The summed E-state index contributed by atoms with van der Waals surface area (Å²) in [5.41, 5.74) is 2.22. The summed E-state index contributed by atoms with van der Waals surface area (Å²) in [5, 5.41) is 14.2. The van der Waals surface area contributed by atoms with E-state index in [4.69, 9.17) is 10.6 Å². The van der Waals surface area contributed by atoms with Crippen LogP contribution in [0.5, 0.6) is 0 Å². The quantitative estimate of drug-likeness (QED) is 0.417. The van der Waals surface area contributed by atoms with Gasteiger partial charge in [0.1, 0.15) is 5.82 Å². The third kappa shape index (κ3) is 2.91. The van der Waals surface area contributed by atoms with Crippen LogP contribution in [0, 0.1) is 15.5 Å². The maximum Gasteiger partial charge on any atom is 0.311 e. The Morgan fingerprint density at radius 3 is 2.81 bits per heavy atom. The third-order valence-corrected chi connectivity index (χ3v) is 4.08. The summed E-state index contributed by atoms with van der Waals surface area (Å²) in [6, 6.07) is 2.92. The molecule has 0 saturated heterocycles. The topological polar surface area (TPSA) is 115 Å². The van der Waals surface area contributed by atoms with Gasteiger partial charge < -0.3 is 15.5 Å². The number of hydrazine groups is 1. The third-order valence-electron chi connectivity index (χ3n) is 4.08. The van der Waals surface area contributed by atoms with E-state index in [0.29, 0.717) is 12.4 Å². The highest BCUT2D eigenvalue weighted by Gasteiger charge is 2.49. The Hall–Kier alpha value is -1.93. The smallest absolute Gasteiger partial charge is 0.311 e. The number of pyridine rings is 1. The predicted molar refractivity (Wildman–Crippen MR) is 79.9 cm³/mol. The number of nitrogen functional groups attached to an aromatic ring is 1. The van der Waals surface area contributed by atoms with Gasteiger partial charge in [0.05, 0.1) is 11.0 Å². The molecule has 1 heterocycles. The molecule has 2 atom stereocenters. The first kappa shape index (κ1) is 15.5. The number of aromatic nitrogens is 1. The van der Waals surface area contributed by atoms with Crippen molar-refractivity contribution in [2.75, 3.05) is 17.3 Å². The van der Waals surface area contributed by atoms with E-state index in [0.717, 1.165) is 6.42 Å². The van der Waals surface area contributed by atoms with E-state index in [1.54, 1.807) is 0 Å². The molecule has 1 aliphatic rings. The lowest BCUT2D eigenvalue weighted by Crippen LogP contribution is -2.58. The van der Waals surface area contributed by atoms with Crippen LogP contribution >= 0.6 is 0 Å². The number of hydrogen-bond donors (Lipinski definition) is 3. The molecule has 0 bridgehead atoms. The molecule has 8 nitrogen and oxygen atoms in total. The minimum Gasteiger partial charge on any atom is -0.378 e. The first-order chi connectivity index (χ1) is 9.90. The van der Waals surface area contributed by atoms with Crippen LogP contribution in [-0.2, 0) is 4.74 Å². The Morgan fingerprint density at radius 1 is 1.57 bits per heavy atom. The second-order valence-corrected chi connectivity index (χ2v) is 5.66. The molecule has 0 aromatic carbocycles. The molecule has 1 aliphatic carbocycles.